The van der Waals surface area contributed by atoms with E-state index in [1.165, 1.54) is 12.0 Å². The van der Waals surface area contributed by atoms with Gasteiger partial charge in [0.15, 0.2) is 0 Å². The molecule has 1 aromatic rings. The summed E-state index contributed by atoms with van der Waals surface area (Å²) >= 11 is 3.52. The standard InChI is InChI=1S/C17H22BrNO2/c18-14-8-12-4-7-21-16(12)13(9-14)10-15(20)11-17(19)5-2-1-3-6-17/h8-9H,1-7,10-11,19H2. The molecule has 1 aromatic carbocycles. The molecule has 21 heavy (non-hydrogen) atoms. The van der Waals surface area contributed by atoms with E-state index in [1.807, 2.05) is 6.07 Å². The number of benzene rings is 1. The second-order valence-corrected chi connectivity index (χ2v) is 7.38. The van der Waals surface area contributed by atoms with Crippen LogP contribution >= 0.6 is 15.9 Å². The van der Waals surface area contributed by atoms with Crippen LogP contribution in [0.4, 0.5) is 0 Å². The van der Waals surface area contributed by atoms with Crippen LogP contribution < -0.4 is 10.5 Å². The number of halogens is 1. The lowest BCUT2D eigenvalue weighted by atomic mass is 9.78. The number of fused-ring (bicyclic) bond motifs is 1. The van der Waals surface area contributed by atoms with Gasteiger partial charge in [0.05, 0.1) is 6.61 Å². The van der Waals surface area contributed by atoms with E-state index >= 15 is 0 Å². The number of hydrogen-bond donors (Lipinski definition) is 1. The van der Waals surface area contributed by atoms with Crippen LogP contribution in [0.15, 0.2) is 16.6 Å². The Balaban J connectivity index is 1.70. The summed E-state index contributed by atoms with van der Waals surface area (Å²) < 4.78 is 6.72. The predicted octanol–water partition coefficient (Wildman–Crippen LogP) is 3.55. The zero-order chi connectivity index (χ0) is 14.9. The van der Waals surface area contributed by atoms with Gasteiger partial charge in [0.25, 0.3) is 0 Å². The fourth-order valence-electron chi connectivity index (χ4n) is 3.58. The van der Waals surface area contributed by atoms with Gasteiger partial charge in [-0.3, -0.25) is 4.79 Å². The van der Waals surface area contributed by atoms with Crippen molar-refractivity contribution in [3.8, 4) is 5.75 Å². The Labute approximate surface area is 134 Å². The molecule has 3 nitrogen and oxygen atoms in total. The summed E-state index contributed by atoms with van der Waals surface area (Å²) in [6.45, 7) is 0.716. The molecule has 0 spiro atoms. The molecule has 1 fully saturated rings. The Morgan fingerprint density at radius 3 is 2.81 bits per heavy atom. The monoisotopic (exact) mass is 351 g/mol. The molecular weight excluding hydrogens is 330 g/mol. The second kappa shape index (κ2) is 6.09. The number of ether oxygens (including phenoxy) is 1. The first-order valence-corrected chi connectivity index (χ1v) is 8.60. The van der Waals surface area contributed by atoms with E-state index in [0.29, 0.717) is 19.4 Å². The van der Waals surface area contributed by atoms with Gasteiger partial charge in [0.2, 0.25) is 0 Å². The topological polar surface area (TPSA) is 52.3 Å². The zero-order valence-corrected chi connectivity index (χ0v) is 13.9. The lowest BCUT2D eigenvalue weighted by molar-refractivity contribution is -0.119. The number of rotatable bonds is 4. The van der Waals surface area contributed by atoms with Crippen LogP contribution in [-0.4, -0.2) is 17.9 Å². The maximum absolute atomic E-state index is 12.4. The molecule has 0 unspecified atom stereocenters. The fraction of sp³-hybridized carbons (Fsp3) is 0.588. The van der Waals surface area contributed by atoms with Gasteiger partial charge < -0.3 is 10.5 Å². The van der Waals surface area contributed by atoms with Crippen LogP contribution in [-0.2, 0) is 17.6 Å². The third kappa shape index (κ3) is 3.49. The molecule has 0 aromatic heterocycles. The van der Waals surface area contributed by atoms with Crippen LogP contribution in [0, 0.1) is 0 Å². The molecular formula is C17H22BrNO2. The SMILES string of the molecule is NC1(CC(=O)Cc2cc(Br)cc3c2OCC3)CCCCC1. The van der Waals surface area contributed by atoms with Gasteiger partial charge in [-0.05, 0) is 30.5 Å². The van der Waals surface area contributed by atoms with Gasteiger partial charge in [0, 0.05) is 34.8 Å². The highest BCUT2D eigenvalue weighted by Crippen LogP contribution is 2.34. The molecule has 0 bridgehead atoms. The number of ketones is 1. The Bertz CT molecular complexity index is 550. The summed E-state index contributed by atoms with van der Waals surface area (Å²) in [7, 11) is 0. The number of hydrogen-bond acceptors (Lipinski definition) is 3. The van der Waals surface area contributed by atoms with Crippen LogP contribution in [0.1, 0.15) is 49.7 Å². The molecule has 1 heterocycles. The first-order valence-electron chi connectivity index (χ1n) is 7.80. The number of nitrogens with two attached hydrogens (primary N) is 1. The van der Waals surface area contributed by atoms with Crippen molar-refractivity contribution >= 4 is 21.7 Å². The quantitative estimate of drug-likeness (QED) is 0.902. The van der Waals surface area contributed by atoms with Crippen molar-refractivity contribution in [2.75, 3.05) is 6.61 Å². The van der Waals surface area contributed by atoms with Gasteiger partial charge in [0.1, 0.15) is 11.5 Å². The highest BCUT2D eigenvalue weighted by Gasteiger charge is 2.30. The van der Waals surface area contributed by atoms with E-state index in [1.54, 1.807) is 0 Å². The van der Waals surface area contributed by atoms with E-state index in [9.17, 15) is 4.79 Å². The predicted molar refractivity (Wildman–Crippen MR) is 86.7 cm³/mol. The maximum Gasteiger partial charge on any atom is 0.139 e. The Kier molecular flexibility index (Phi) is 4.36. The van der Waals surface area contributed by atoms with E-state index < -0.39 is 0 Å². The molecule has 1 saturated carbocycles. The third-order valence-electron chi connectivity index (χ3n) is 4.61. The van der Waals surface area contributed by atoms with Crippen molar-refractivity contribution in [3.63, 3.8) is 0 Å². The molecule has 4 heteroatoms. The molecule has 2 N–H and O–H groups in total. The van der Waals surface area contributed by atoms with Crippen molar-refractivity contribution in [1.82, 2.24) is 0 Å². The fourth-order valence-corrected chi connectivity index (χ4v) is 4.13. The lowest BCUT2D eigenvalue weighted by Crippen LogP contribution is -2.43. The summed E-state index contributed by atoms with van der Waals surface area (Å²) in [6, 6.07) is 4.09. The second-order valence-electron chi connectivity index (χ2n) is 6.47. The minimum Gasteiger partial charge on any atom is -0.493 e. The third-order valence-corrected chi connectivity index (χ3v) is 5.07. The Morgan fingerprint density at radius 2 is 2.05 bits per heavy atom. The molecule has 114 valence electrons. The van der Waals surface area contributed by atoms with Crippen molar-refractivity contribution in [2.24, 2.45) is 5.73 Å². The number of carbonyl (C=O) groups excluding carboxylic acids is 1. The summed E-state index contributed by atoms with van der Waals surface area (Å²) in [5, 5.41) is 0. The zero-order valence-electron chi connectivity index (χ0n) is 12.3. The van der Waals surface area contributed by atoms with E-state index in [-0.39, 0.29) is 11.3 Å². The largest absolute Gasteiger partial charge is 0.493 e. The Hall–Kier alpha value is -0.870. The molecule has 0 amide bonds. The van der Waals surface area contributed by atoms with Crippen molar-refractivity contribution < 1.29 is 9.53 Å². The van der Waals surface area contributed by atoms with Gasteiger partial charge in [-0.2, -0.15) is 0 Å². The van der Waals surface area contributed by atoms with Crippen LogP contribution in [0.5, 0.6) is 5.75 Å². The summed E-state index contributed by atoms with van der Waals surface area (Å²) in [6.07, 6.45) is 7.36. The smallest absolute Gasteiger partial charge is 0.139 e. The van der Waals surface area contributed by atoms with E-state index in [0.717, 1.165) is 47.9 Å². The van der Waals surface area contributed by atoms with Crippen molar-refractivity contribution in [2.45, 2.75) is 56.9 Å². The van der Waals surface area contributed by atoms with Crippen LogP contribution in [0.25, 0.3) is 0 Å². The average Bonchev–Trinajstić information content (AvgIpc) is 2.86. The lowest BCUT2D eigenvalue weighted by Gasteiger charge is -2.32. The van der Waals surface area contributed by atoms with Crippen LogP contribution in [0.2, 0.25) is 0 Å². The summed E-state index contributed by atoms with van der Waals surface area (Å²) in [4.78, 5) is 12.4. The van der Waals surface area contributed by atoms with Crippen LogP contribution in [0.3, 0.4) is 0 Å². The van der Waals surface area contributed by atoms with Crippen molar-refractivity contribution in [3.05, 3.63) is 27.7 Å². The van der Waals surface area contributed by atoms with E-state index in [4.69, 9.17) is 10.5 Å². The highest BCUT2D eigenvalue weighted by molar-refractivity contribution is 9.10. The first-order chi connectivity index (χ1) is 10.1. The van der Waals surface area contributed by atoms with Gasteiger partial charge in [-0.1, -0.05) is 35.2 Å². The molecule has 1 aliphatic carbocycles. The minimum absolute atomic E-state index is 0.232. The molecule has 1 aliphatic heterocycles. The molecule has 0 saturated heterocycles. The van der Waals surface area contributed by atoms with Gasteiger partial charge in [-0.15, -0.1) is 0 Å². The normalized spacial score (nSPS) is 19.9. The van der Waals surface area contributed by atoms with Gasteiger partial charge in [-0.25, -0.2) is 0 Å². The first kappa shape index (κ1) is 15.0. The summed E-state index contributed by atoms with van der Waals surface area (Å²) in [5.41, 5.74) is 8.32. The molecule has 0 atom stereocenters. The molecule has 3 rings (SSSR count). The average molecular weight is 352 g/mol. The highest BCUT2D eigenvalue weighted by atomic mass is 79.9. The molecule has 0 radical (unpaired) electrons. The van der Waals surface area contributed by atoms with Crippen molar-refractivity contribution in [1.29, 1.82) is 0 Å². The molecule has 2 aliphatic rings. The number of carbonyl (C=O) groups is 1. The number of Topliss-reactive ketones (excluding diaryl/α,β-unsaturated/α-hetero) is 1. The maximum atomic E-state index is 12.4. The Morgan fingerprint density at radius 1 is 1.29 bits per heavy atom. The van der Waals surface area contributed by atoms with E-state index in [2.05, 4.69) is 22.0 Å². The summed E-state index contributed by atoms with van der Waals surface area (Å²) in [5.74, 6) is 1.15. The van der Waals surface area contributed by atoms with Gasteiger partial charge >= 0.3 is 0 Å². The minimum atomic E-state index is -0.272.